The standard InChI is InChI=1S/C21H27ClN4O2.HI/c1-15-5-7-17(19(10-15)28-14-18-4-3-9-27-18)13-26-21(23-2)25-12-16-6-8-20(22)24-11-16;/h5-8,10-11,18H,3-4,9,12-14H2,1-2H3,(H2,23,25,26);1H. The quantitative estimate of drug-likeness (QED) is 0.244. The lowest BCUT2D eigenvalue weighted by Crippen LogP contribution is -2.36. The van der Waals surface area contributed by atoms with E-state index in [4.69, 9.17) is 21.1 Å². The molecule has 29 heavy (non-hydrogen) atoms. The lowest BCUT2D eigenvalue weighted by atomic mass is 10.1. The fourth-order valence-electron chi connectivity index (χ4n) is 3.00. The van der Waals surface area contributed by atoms with Gasteiger partial charge in [-0.1, -0.05) is 29.8 Å². The van der Waals surface area contributed by atoms with E-state index in [-0.39, 0.29) is 30.1 Å². The number of pyridine rings is 1. The Hall–Kier alpha value is -1.58. The fourth-order valence-corrected chi connectivity index (χ4v) is 3.11. The number of benzene rings is 1. The van der Waals surface area contributed by atoms with Gasteiger partial charge in [-0.15, -0.1) is 24.0 Å². The summed E-state index contributed by atoms with van der Waals surface area (Å²) < 4.78 is 11.7. The average Bonchev–Trinajstić information content (AvgIpc) is 3.22. The van der Waals surface area contributed by atoms with Gasteiger partial charge in [0.05, 0.1) is 6.10 Å². The second-order valence-electron chi connectivity index (χ2n) is 6.83. The summed E-state index contributed by atoms with van der Waals surface area (Å²) in [7, 11) is 1.75. The molecule has 0 bridgehead atoms. The van der Waals surface area contributed by atoms with Crippen LogP contribution in [0.5, 0.6) is 5.75 Å². The minimum atomic E-state index is 0. The number of halogens is 2. The van der Waals surface area contributed by atoms with Crippen molar-refractivity contribution in [1.82, 2.24) is 15.6 Å². The van der Waals surface area contributed by atoms with Crippen LogP contribution in [-0.2, 0) is 17.8 Å². The Morgan fingerprint density at radius 2 is 2.10 bits per heavy atom. The van der Waals surface area contributed by atoms with Crippen molar-refractivity contribution < 1.29 is 9.47 Å². The normalized spacial score (nSPS) is 16.2. The van der Waals surface area contributed by atoms with E-state index in [0.717, 1.165) is 36.3 Å². The van der Waals surface area contributed by atoms with Crippen molar-refractivity contribution in [3.8, 4) is 5.75 Å². The van der Waals surface area contributed by atoms with Crippen molar-refractivity contribution in [2.75, 3.05) is 20.3 Å². The maximum atomic E-state index is 6.06. The molecule has 8 heteroatoms. The van der Waals surface area contributed by atoms with Crippen LogP contribution in [0.15, 0.2) is 41.5 Å². The van der Waals surface area contributed by atoms with Gasteiger partial charge in [-0.3, -0.25) is 4.99 Å². The molecule has 0 aliphatic carbocycles. The summed E-state index contributed by atoms with van der Waals surface area (Å²) in [6.07, 6.45) is 4.13. The van der Waals surface area contributed by atoms with Gasteiger partial charge in [-0.25, -0.2) is 4.98 Å². The molecule has 0 radical (unpaired) electrons. The highest BCUT2D eigenvalue weighted by Gasteiger charge is 2.17. The van der Waals surface area contributed by atoms with E-state index in [2.05, 4.69) is 45.7 Å². The second-order valence-corrected chi connectivity index (χ2v) is 7.21. The third kappa shape index (κ3) is 7.64. The molecule has 0 spiro atoms. The Bertz CT molecular complexity index is 796. The van der Waals surface area contributed by atoms with Crippen molar-refractivity contribution in [3.63, 3.8) is 0 Å². The van der Waals surface area contributed by atoms with E-state index < -0.39 is 0 Å². The number of hydrogen-bond donors (Lipinski definition) is 2. The van der Waals surface area contributed by atoms with Crippen LogP contribution in [0.4, 0.5) is 0 Å². The molecular weight excluding hydrogens is 503 g/mol. The van der Waals surface area contributed by atoms with Crippen molar-refractivity contribution in [2.24, 2.45) is 4.99 Å². The van der Waals surface area contributed by atoms with Crippen molar-refractivity contribution in [2.45, 2.75) is 39.0 Å². The predicted molar refractivity (Wildman–Crippen MR) is 127 cm³/mol. The van der Waals surface area contributed by atoms with E-state index >= 15 is 0 Å². The smallest absolute Gasteiger partial charge is 0.191 e. The highest BCUT2D eigenvalue weighted by molar-refractivity contribution is 14.0. The number of nitrogens with one attached hydrogen (secondary N) is 2. The zero-order valence-corrected chi connectivity index (χ0v) is 19.9. The molecule has 2 heterocycles. The molecule has 1 aromatic heterocycles. The molecule has 1 atom stereocenters. The van der Waals surface area contributed by atoms with Crippen molar-refractivity contribution in [1.29, 1.82) is 0 Å². The summed E-state index contributed by atoms with van der Waals surface area (Å²) in [6, 6.07) is 9.96. The van der Waals surface area contributed by atoms with Crippen molar-refractivity contribution in [3.05, 3.63) is 58.4 Å². The van der Waals surface area contributed by atoms with Crippen LogP contribution in [0.3, 0.4) is 0 Å². The Labute approximate surface area is 194 Å². The summed E-state index contributed by atoms with van der Waals surface area (Å²) in [4.78, 5) is 8.37. The minimum Gasteiger partial charge on any atom is -0.491 e. The van der Waals surface area contributed by atoms with Crippen LogP contribution >= 0.6 is 35.6 Å². The molecule has 3 rings (SSSR count). The second kappa shape index (κ2) is 12.2. The largest absolute Gasteiger partial charge is 0.491 e. The molecule has 2 N–H and O–H groups in total. The summed E-state index contributed by atoms with van der Waals surface area (Å²) in [5.74, 6) is 1.60. The number of aliphatic imine (C=N–C) groups is 1. The van der Waals surface area contributed by atoms with E-state index in [0.29, 0.717) is 30.8 Å². The predicted octanol–water partition coefficient (Wildman–Crippen LogP) is 4.08. The van der Waals surface area contributed by atoms with Gasteiger partial charge in [-0.2, -0.15) is 0 Å². The maximum absolute atomic E-state index is 6.06. The summed E-state index contributed by atoms with van der Waals surface area (Å²) >= 11 is 5.82. The first-order valence-electron chi connectivity index (χ1n) is 9.53. The number of ether oxygens (including phenoxy) is 2. The number of rotatable bonds is 7. The average molecular weight is 531 g/mol. The molecule has 6 nitrogen and oxygen atoms in total. The van der Waals surface area contributed by atoms with Crippen LogP contribution < -0.4 is 15.4 Å². The highest BCUT2D eigenvalue weighted by atomic mass is 127. The molecular formula is C21H28ClIN4O2. The number of aryl methyl sites for hydroxylation is 1. The Kier molecular flexibility index (Phi) is 9.96. The third-order valence-electron chi connectivity index (χ3n) is 4.59. The number of guanidine groups is 1. The molecule has 1 aliphatic rings. The molecule has 0 saturated carbocycles. The van der Waals surface area contributed by atoms with E-state index in [1.807, 2.05) is 6.07 Å². The monoisotopic (exact) mass is 530 g/mol. The molecule has 1 saturated heterocycles. The number of aromatic nitrogens is 1. The van der Waals surface area contributed by atoms with Gasteiger partial charge in [0.1, 0.15) is 17.5 Å². The van der Waals surface area contributed by atoms with Crippen LogP contribution in [0.1, 0.15) is 29.5 Å². The number of nitrogens with zero attached hydrogens (tertiary/aromatic N) is 2. The zero-order chi connectivity index (χ0) is 19.8. The summed E-state index contributed by atoms with van der Waals surface area (Å²) in [6.45, 7) is 4.71. The van der Waals surface area contributed by atoms with Crippen LogP contribution in [0.25, 0.3) is 0 Å². The fraction of sp³-hybridized carbons (Fsp3) is 0.429. The molecule has 2 aromatic rings. The minimum absolute atomic E-state index is 0. The van der Waals surface area contributed by atoms with Gasteiger partial charge in [0.2, 0.25) is 0 Å². The molecule has 1 aromatic carbocycles. The summed E-state index contributed by atoms with van der Waals surface area (Å²) in [5.41, 5.74) is 3.28. The van der Waals surface area contributed by atoms with Crippen LogP contribution in [-0.4, -0.2) is 37.3 Å². The van der Waals surface area contributed by atoms with Gasteiger partial charge in [0.15, 0.2) is 5.96 Å². The van der Waals surface area contributed by atoms with Crippen molar-refractivity contribution >= 4 is 41.5 Å². The van der Waals surface area contributed by atoms with Gasteiger partial charge in [0.25, 0.3) is 0 Å². The topological polar surface area (TPSA) is 67.8 Å². The molecule has 158 valence electrons. The first-order chi connectivity index (χ1) is 13.6. The van der Waals surface area contributed by atoms with Gasteiger partial charge < -0.3 is 20.1 Å². The molecule has 0 amide bonds. The summed E-state index contributed by atoms with van der Waals surface area (Å²) in [5, 5.41) is 7.10. The van der Waals surface area contributed by atoms with Crippen LogP contribution in [0.2, 0.25) is 5.15 Å². The Morgan fingerprint density at radius 3 is 2.79 bits per heavy atom. The molecule has 1 aliphatic heterocycles. The maximum Gasteiger partial charge on any atom is 0.191 e. The Balaban J connectivity index is 0.00000300. The first-order valence-corrected chi connectivity index (χ1v) is 9.90. The highest BCUT2D eigenvalue weighted by Crippen LogP contribution is 2.22. The van der Waals surface area contributed by atoms with E-state index in [1.165, 1.54) is 5.56 Å². The zero-order valence-electron chi connectivity index (χ0n) is 16.8. The molecule has 1 unspecified atom stereocenters. The first kappa shape index (κ1) is 23.7. The van der Waals surface area contributed by atoms with Gasteiger partial charge in [-0.05, 0) is 43.0 Å². The SMILES string of the molecule is CN=C(NCc1ccc(Cl)nc1)NCc1ccc(C)cc1OCC1CCCO1.I. The lowest BCUT2D eigenvalue weighted by Gasteiger charge is -2.17. The van der Waals surface area contributed by atoms with E-state index in [1.54, 1.807) is 19.3 Å². The Morgan fingerprint density at radius 1 is 1.28 bits per heavy atom. The van der Waals surface area contributed by atoms with Gasteiger partial charge >= 0.3 is 0 Å². The molecule has 1 fully saturated rings. The van der Waals surface area contributed by atoms with E-state index in [9.17, 15) is 0 Å². The lowest BCUT2D eigenvalue weighted by molar-refractivity contribution is 0.0676. The van der Waals surface area contributed by atoms with Gasteiger partial charge in [0, 0.05) is 38.5 Å². The third-order valence-corrected chi connectivity index (χ3v) is 4.81. The van der Waals surface area contributed by atoms with Crippen LogP contribution in [0, 0.1) is 6.92 Å². The number of hydrogen-bond acceptors (Lipinski definition) is 4.